The monoisotopic (exact) mass is 467 g/mol. The highest BCUT2D eigenvalue weighted by molar-refractivity contribution is 5.93. The third kappa shape index (κ3) is 4.60. The summed E-state index contributed by atoms with van der Waals surface area (Å²) in [5, 5.41) is 6.39. The van der Waals surface area contributed by atoms with Gasteiger partial charge in [-0.15, -0.1) is 0 Å². The first-order chi connectivity index (χ1) is 17.1. The Morgan fingerprint density at radius 3 is 2.63 bits per heavy atom. The minimum Gasteiger partial charge on any atom is -0.497 e. The van der Waals surface area contributed by atoms with Crippen LogP contribution in [-0.4, -0.2) is 32.8 Å². The summed E-state index contributed by atoms with van der Waals surface area (Å²) in [6.07, 6.45) is 4.64. The Bertz CT molecular complexity index is 1540. The van der Waals surface area contributed by atoms with Crippen molar-refractivity contribution in [1.82, 2.24) is 25.1 Å². The van der Waals surface area contributed by atoms with E-state index in [2.05, 4.69) is 20.4 Å². The maximum absolute atomic E-state index is 12.6. The summed E-state index contributed by atoms with van der Waals surface area (Å²) in [7, 11) is 1.61. The van der Waals surface area contributed by atoms with Crippen molar-refractivity contribution in [2.24, 2.45) is 0 Å². The minimum absolute atomic E-state index is 0.0232. The first-order valence-corrected chi connectivity index (χ1v) is 10.8. The van der Waals surface area contributed by atoms with E-state index in [0.717, 1.165) is 10.9 Å². The summed E-state index contributed by atoms with van der Waals surface area (Å²) < 4.78 is 12.6. The molecule has 5 rings (SSSR count). The predicted molar refractivity (Wildman–Crippen MR) is 130 cm³/mol. The molecule has 9 heteroatoms. The van der Waals surface area contributed by atoms with E-state index in [1.807, 2.05) is 36.4 Å². The van der Waals surface area contributed by atoms with E-state index >= 15 is 0 Å². The summed E-state index contributed by atoms with van der Waals surface area (Å²) in [6.45, 7) is 0.160. The number of para-hydroxylation sites is 1. The van der Waals surface area contributed by atoms with Crippen LogP contribution < -0.4 is 20.3 Å². The number of carbonyl (C=O) groups is 1. The van der Waals surface area contributed by atoms with Gasteiger partial charge in [0.15, 0.2) is 0 Å². The summed E-state index contributed by atoms with van der Waals surface area (Å²) in [4.78, 5) is 33.9. The lowest BCUT2D eigenvalue weighted by Crippen LogP contribution is -2.29. The second-order valence-electron chi connectivity index (χ2n) is 7.63. The zero-order valence-corrected chi connectivity index (χ0v) is 18.8. The highest BCUT2D eigenvalue weighted by Gasteiger charge is 2.15. The van der Waals surface area contributed by atoms with Gasteiger partial charge in [0.2, 0.25) is 0 Å². The van der Waals surface area contributed by atoms with Crippen LogP contribution in [0.1, 0.15) is 16.1 Å². The van der Waals surface area contributed by atoms with Crippen molar-refractivity contribution in [1.29, 1.82) is 0 Å². The zero-order chi connectivity index (χ0) is 24.2. The number of carbonyl (C=O) groups excluding carboxylic acids is 1. The molecule has 3 heterocycles. The summed E-state index contributed by atoms with van der Waals surface area (Å²) >= 11 is 0. The average Bonchev–Trinajstić information content (AvgIpc) is 3.29. The molecule has 0 aliphatic carbocycles. The topological polar surface area (TPSA) is 111 Å². The van der Waals surface area contributed by atoms with E-state index in [0.29, 0.717) is 28.6 Å². The zero-order valence-electron chi connectivity index (χ0n) is 18.8. The van der Waals surface area contributed by atoms with E-state index in [1.54, 1.807) is 49.8 Å². The molecule has 0 aliphatic heterocycles. The number of rotatable bonds is 7. The first kappa shape index (κ1) is 21.9. The van der Waals surface area contributed by atoms with Crippen LogP contribution in [0.15, 0.2) is 90.1 Å². The van der Waals surface area contributed by atoms with Crippen LogP contribution in [0.4, 0.5) is 0 Å². The van der Waals surface area contributed by atoms with Gasteiger partial charge in [-0.2, -0.15) is 0 Å². The number of aromatic amines is 1. The number of hydrogen-bond donors (Lipinski definition) is 2. The van der Waals surface area contributed by atoms with E-state index in [4.69, 9.17) is 9.47 Å². The molecule has 0 aliphatic rings. The SMILES string of the molecule is COc1ccc2c(Oc3ccc(CNC(=O)c4c[nH]n(-c5ccccc5)c4=O)nc3)ccnc2c1. The Balaban J connectivity index is 1.24. The van der Waals surface area contributed by atoms with Crippen LogP contribution in [0, 0.1) is 0 Å². The fourth-order valence-corrected chi connectivity index (χ4v) is 3.59. The molecule has 0 radical (unpaired) electrons. The number of hydrogen-bond acceptors (Lipinski definition) is 6. The van der Waals surface area contributed by atoms with Crippen LogP contribution >= 0.6 is 0 Å². The molecule has 5 aromatic rings. The summed E-state index contributed by atoms with van der Waals surface area (Å²) in [6, 6.07) is 19.9. The van der Waals surface area contributed by atoms with Gasteiger partial charge in [-0.05, 0) is 42.5 Å². The van der Waals surface area contributed by atoms with Crippen molar-refractivity contribution in [2.45, 2.75) is 6.54 Å². The van der Waals surface area contributed by atoms with E-state index in [1.165, 1.54) is 10.9 Å². The van der Waals surface area contributed by atoms with Crippen molar-refractivity contribution < 1.29 is 14.3 Å². The lowest BCUT2D eigenvalue weighted by atomic mass is 10.2. The smallest absolute Gasteiger partial charge is 0.284 e. The standard InChI is InChI=1S/C26H21N5O4/c1-34-19-9-10-21-23(13-19)27-12-11-24(21)35-20-8-7-17(28-15-20)14-29-25(32)22-16-30-31(26(22)33)18-5-3-2-4-6-18/h2-13,15-16,30H,14H2,1H3,(H,29,32). The molecule has 0 bridgehead atoms. The Morgan fingerprint density at radius 1 is 1.03 bits per heavy atom. The molecule has 0 spiro atoms. The molecule has 0 unspecified atom stereocenters. The second-order valence-corrected chi connectivity index (χ2v) is 7.63. The maximum Gasteiger partial charge on any atom is 0.284 e. The number of nitrogens with one attached hydrogen (secondary N) is 2. The Labute approximate surface area is 200 Å². The molecular weight excluding hydrogens is 446 g/mol. The van der Waals surface area contributed by atoms with Crippen molar-refractivity contribution in [3.8, 4) is 22.9 Å². The molecule has 0 atom stereocenters. The molecule has 9 nitrogen and oxygen atoms in total. The molecular formula is C26H21N5O4. The van der Waals surface area contributed by atoms with E-state index in [9.17, 15) is 9.59 Å². The van der Waals surface area contributed by atoms with Gasteiger partial charge in [-0.1, -0.05) is 18.2 Å². The molecule has 0 fully saturated rings. The number of aromatic nitrogens is 4. The second kappa shape index (κ2) is 9.52. The molecule has 3 aromatic heterocycles. The quantitative estimate of drug-likeness (QED) is 0.376. The van der Waals surface area contributed by atoms with Gasteiger partial charge < -0.3 is 14.8 Å². The Kier molecular flexibility index (Phi) is 5.96. The number of ether oxygens (including phenoxy) is 2. The van der Waals surface area contributed by atoms with Gasteiger partial charge in [0.25, 0.3) is 11.5 Å². The van der Waals surface area contributed by atoms with Crippen LogP contribution in [0.25, 0.3) is 16.6 Å². The number of fused-ring (bicyclic) bond motifs is 1. The predicted octanol–water partition coefficient (Wildman–Crippen LogP) is 3.84. The van der Waals surface area contributed by atoms with Gasteiger partial charge in [-0.25, -0.2) is 4.68 Å². The number of H-pyrrole nitrogens is 1. The summed E-state index contributed by atoms with van der Waals surface area (Å²) in [5.41, 5.74) is 1.62. The van der Waals surface area contributed by atoms with Gasteiger partial charge >= 0.3 is 0 Å². The fourth-order valence-electron chi connectivity index (χ4n) is 3.59. The third-order valence-corrected chi connectivity index (χ3v) is 5.40. The normalized spacial score (nSPS) is 10.8. The van der Waals surface area contributed by atoms with Crippen molar-refractivity contribution in [2.75, 3.05) is 7.11 Å². The van der Waals surface area contributed by atoms with E-state index in [-0.39, 0.29) is 12.1 Å². The molecule has 35 heavy (non-hydrogen) atoms. The average molecular weight is 467 g/mol. The molecule has 0 saturated carbocycles. The van der Waals surface area contributed by atoms with Gasteiger partial charge in [-0.3, -0.25) is 24.7 Å². The Morgan fingerprint density at radius 2 is 1.86 bits per heavy atom. The van der Waals surface area contributed by atoms with Crippen molar-refractivity contribution in [3.63, 3.8) is 0 Å². The van der Waals surface area contributed by atoms with Gasteiger partial charge in [0.05, 0.1) is 36.7 Å². The lowest BCUT2D eigenvalue weighted by Gasteiger charge is -2.10. The first-order valence-electron chi connectivity index (χ1n) is 10.8. The number of benzene rings is 2. The van der Waals surface area contributed by atoms with Gasteiger partial charge in [0, 0.05) is 23.8 Å². The fraction of sp³-hybridized carbons (Fsp3) is 0.0769. The van der Waals surface area contributed by atoms with E-state index < -0.39 is 11.5 Å². The molecule has 0 saturated heterocycles. The van der Waals surface area contributed by atoms with Crippen LogP contribution in [0.3, 0.4) is 0 Å². The van der Waals surface area contributed by atoms with Crippen molar-refractivity contribution in [3.05, 3.63) is 107 Å². The van der Waals surface area contributed by atoms with Crippen LogP contribution in [-0.2, 0) is 6.54 Å². The minimum atomic E-state index is -0.484. The number of amides is 1. The van der Waals surface area contributed by atoms with Crippen LogP contribution in [0.2, 0.25) is 0 Å². The third-order valence-electron chi connectivity index (χ3n) is 5.40. The lowest BCUT2D eigenvalue weighted by molar-refractivity contribution is 0.0949. The van der Waals surface area contributed by atoms with Crippen molar-refractivity contribution >= 4 is 16.8 Å². The highest BCUT2D eigenvalue weighted by Crippen LogP contribution is 2.30. The number of methoxy groups -OCH3 is 1. The van der Waals surface area contributed by atoms with Crippen LogP contribution in [0.5, 0.6) is 17.2 Å². The molecule has 2 aromatic carbocycles. The maximum atomic E-state index is 12.6. The molecule has 2 N–H and O–H groups in total. The number of pyridine rings is 2. The van der Waals surface area contributed by atoms with Gasteiger partial charge in [0.1, 0.15) is 22.8 Å². The Hall–Kier alpha value is -4.92. The highest BCUT2D eigenvalue weighted by atomic mass is 16.5. The largest absolute Gasteiger partial charge is 0.497 e. The number of nitrogens with zero attached hydrogens (tertiary/aromatic N) is 3. The molecule has 1 amide bonds. The molecule has 174 valence electrons. The summed E-state index contributed by atoms with van der Waals surface area (Å²) in [5.74, 6) is 1.41.